The van der Waals surface area contributed by atoms with Gasteiger partial charge < -0.3 is 20.3 Å². The Kier molecular flexibility index (Phi) is 5.98. The van der Waals surface area contributed by atoms with Crippen LogP contribution in [-0.2, 0) is 6.54 Å². The first-order valence-corrected chi connectivity index (χ1v) is 11.2. The summed E-state index contributed by atoms with van der Waals surface area (Å²) in [6.07, 6.45) is 1.62. The maximum Gasteiger partial charge on any atom is 0.273 e. The molecule has 0 amide bonds. The Hall–Kier alpha value is -4.51. The molecule has 4 heterocycles. The van der Waals surface area contributed by atoms with E-state index in [0.29, 0.717) is 52.2 Å². The van der Waals surface area contributed by atoms with Crippen molar-refractivity contribution < 1.29 is 9.63 Å². The number of anilines is 3. The van der Waals surface area contributed by atoms with E-state index < -0.39 is 0 Å². The van der Waals surface area contributed by atoms with Crippen molar-refractivity contribution in [3.05, 3.63) is 76.5 Å². The predicted octanol–water partition coefficient (Wildman–Crippen LogP) is 3.39. The summed E-state index contributed by atoms with van der Waals surface area (Å²) >= 11 is 0. The van der Waals surface area contributed by atoms with Gasteiger partial charge in [-0.2, -0.15) is 4.98 Å². The summed E-state index contributed by atoms with van der Waals surface area (Å²) in [7, 11) is 0. The molecule has 11 heteroatoms. The van der Waals surface area contributed by atoms with E-state index in [4.69, 9.17) is 4.52 Å². The van der Waals surface area contributed by atoms with Crippen molar-refractivity contribution in [3.8, 4) is 11.5 Å². The molecule has 4 N–H and O–H groups in total. The third-order valence-corrected chi connectivity index (χ3v) is 5.56. The topological polar surface area (TPSA) is 147 Å². The first-order valence-electron chi connectivity index (χ1n) is 11.2. The van der Waals surface area contributed by atoms with Gasteiger partial charge in [0.05, 0.1) is 29.3 Å². The van der Waals surface area contributed by atoms with E-state index in [1.165, 1.54) is 0 Å². The van der Waals surface area contributed by atoms with E-state index in [1.807, 2.05) is 37.3 Å². The number of aromatic nitrogens is 6. The van der Waals surface area contributed by atoms with Crippen LogP contribution < -0.4 is 16.2 Å². The van der Waals surface area contributed by atoms with Gasteiger partial charge in [-0.3, -0.25) is 14.6 Å². The highest BCUT2D eigenvalue weighted by molar-refractivity contribution is 5.79. The number of rotatable bonds is 8. The van der Waals surface area contributed by atoms with Crippen LogP contribution in [0.5, 0.6) is 0 Å². The monoisotopic (exact) mass is 472 g/mol. The number of hydrogen-bond donors (Lipinski definition) is 4. The number of aliphatic hydroxyl groups is 1. The SMILES string of the molecule is CCn1[nH]c(=O)c2ccc(Nc3cc(N[C@H](CO)c4ccccc4)c(-c4nc(C)no4)cn3)nc21. The Balaban J connectivity index is 1.51. The summed E-state index contributed by atoms with van der Waals surface area (Å²) in [6, 6.07) is 14.5. The van der Waals surface area contributed by atoms with Crippen LogP contribution in [0, 0.1) is 6.92 Å². The highest BCUT2D eigenvalue weighted by Crippen LogP contribution is 2.32. The Bertz CT molecular complexity index is 1520. The molecule has 0 fully saturated rings. The van der Waals surface area contributed by atoms with Crippen molar-refractivity contribution in [1.29, 1.82) is 0 Å². The average Bonchev–Trinajstić information content (AvgIpc) is 3.45. The Labute approximate surface area is 199 Å². The molecule has 0 saturated heterocycles. The van der Waals surface area contributed by atoms with Crippen molar-refractivity contribution in [1.82, 2.24) is 29.9 Å². The summed E-state index contributed by atoms with van der Waals surface area (Å²) in [5.41, 5.74) is 2.54. The molecular formula is C24H24N8O3. The van der Waals surface area contributed by atoms with Gasteiger partial charge in [0.25, 0.3) is 11.4 Å². The molecule has 1 aromatic carbocycles. The van der Waals surface area contributed by atoms with Crippen LogP contribution in [0.3, 0.4) is 0 Å². The van der Waals surface area contributed by atoms with Gasteiger partial charge in [-0.05, 0) is 31.5 Å². The van der Waals surface area contributed by atoms with E-state index in [-0.39, 0.29) is 18.2 Å². The second-order valence-corrected chi connectivity index (χ2v) is 7.93. The van der Waals surface area contributed by atoms with Crippen LogP contribution in [0.4, 0.5) is 17.3 Å². The standard InChI is InChI=1S/C24H24N8O3/c1-3-32-22-16(23(34)30-32)9-10-20(29-22)28-21-11-18(17(12-25-21)24-26-14(2)31-35-24)27-19(13-33)15-7-5-4-6-8-15/h4-12,19,33H,3,13H2,1-2H3,(H,30,34)(H2,25,27,28,29)/t19-/m1/s1. The van der Waals surface area contributed by atoms with Crippen molar-refractivity contribution in [2.45, 2.75) is 26.4 Å². The summed E-state index contributed by atoms with van der Waals surface area (Å²) in [4.78, 5) is 25.5. The number of H-pyrrole nitrogens is 1. The summed E-state index contributed by atoms with van der Waals surface area (Å²) in [5, 5.41) is 23.8. The Morgan fingerprint density at radius 2 is 1.97 bits per heavy atom. The van der Waals surface area contributed by atoms with Crippen LogP contribution >= 0.6 is 0 Å². The molecule has 178 valence electrons. The van der Waals surface area contributed by atoms with Gasteiger partial charge in [0.15, 0.2) is 11.5 Å². The number of fused-ring (bicyclic) bond motifs is 1. The smallest absolute Gasteiger partial charge is 0.273 e. The molecule has 0 aliphatic carbocycles. The molecule has 11 nitrogen and oxygen atoms in total. The van der Waals surface area contributed by atoms with Gasteiger partial charge in [0.1, 0.15) is 11.6 Å². The van der Waals surface area contributed by atoms with Crippen molar-refractivity contribution in [3.63, 3.8) is 0 Å². The molecule has 4 aromatic heterocycles. The van der Waals surface area contributed by atoms with Gasteiger partial charge >= 0.3 is 0 Å². The first kappa shape index (κ1) is 22.3. The number of benzene rings is 1. The molecule has 0 aliphatic heterocycles. The fourth-order valence-corrected chi connectivity index (χ4v) is 3.82. The van der Waals surface area contributed by atoms with Gasteiger partial charge in [-0.15, -0.1) is 0 Å². The fourth-order valence-electron chi connectivity index (χ4n) is 3.82. The van der Waals surface area contributed by atoms with Crippen molar-refractivity contribution >= 4 is 28.4 Å². The molecule has 35 heavy (non-hydrogen) atoms. The zero-order valence-electron chi connectivity index (χ0n) is 19.2. The van der Waals surface area contributed by atoms with Crippen LogP contribution in [0.15, 0.2) is 64.0 Å². The highest BCUT2D eigenvalue weighted by atomic mass is 16.5. The molecule has 0 aliphatic rings. The van der Waals surface area contributed by atoms with E-state index in [1.54, 1.807) is 36.0 Å². The molecule has 0 bridgehead atoms. The minimum Gasteiger partial charge on any atom is -0.394 e. The van der Waals surface area contributed by atoms with Crippen LogP contribution in [0.25, 0.3) is 22.5 Å². The van der Waals surface area contributed by atoms with E-state index in [9.17, 15) is 9.90 Å². The number of hydrogen-bond acceptors (Lipinski definition) is 9. The largest absolute Gasteiger partial charge is 0.394 e. The number of nitrogens with zero attached hydrogens (tertiary/aromatic N) is 5. The Morgan fingerprint density at radius 3 is 2.69 bits per heavy atom. The van der Waals surface area contributed by atoms with E-state index >= 15 is 0 Å². The lowest BCUT2D eigenvalue weighted by molar-refractivity contribution is 0.276. The second-order valence-electron chi connectivity index (χ2n) is 7.93. The van der Waals surface area contributed by atoms with Crippen molar-refractivity contribution in [2.24, 2.45) is 0 Å². The maximum absolute atomic E-state index is 12.1. The number of aryl methyl sites for hydroxylation is 2. The minimum absolute atomic E-state index is 0.127. The van der Waals surface area contributed by atoms with Crippen LogP contribution in [0.2, 0.25) is 0 Å². The van der Waals surface area contributed by atoms with Crippen molar-refractivity contribution in [2.75, 3.05) is 17.2 Å². The number of aliphatic hydroxyl groups excluding tert-OH is 1. The summed E-state index contributed by atoms with van der Waals surface area (Å²) < 4.78 is 7.06. The first-order chi connectivity index (χ1) is 17.1. The van der Waals surface area contributed by atoms with Gasteiger partial charge in [-0.1, -0.05) is 35.5 Å². The molecule has 0 saturated carbocycles. The second kappa shape index (κ2) is 9.39. The zero-order chi connectivity index (χ0) is 24.4. The van der Waals surface area contributed by atoms with Crippen LogP contribution in [-0.4, -0.2) is 41.6 Å². The lowest BCUT2D eigenvalue weighted by Gasteiger charge is -2.20. The Morgan fingerprint density at radius 1 is 1.14 bits per heavy atom. The van der Waals surface area contributed by atoms with E-state index in [0.717, 1.165) is 5.56 Å². The maximum atomic E-state index is 12.1. The van der Waals surface area contributed by atoms with Gasteiger partial charge in [0, 0.05) is 18.8 Å². The number of aromatic amines is 1. The third kappa shape index (κ3) is 4.49. The fraction of sp³-hybridized carbons (Fsp3) is 0.208. The predicted molar refractivity (Wildman–Crippen MR) is 131 cm³/mol. The van der Waals surface area contributed by atoms with Gasteiger partial charge in [-0.25, -0.2) is 9.97 Å². The van der Waals surface area contributed by atoms with Crippen LogP contribution in [0.1, 0.15) is 24.4 Å². The van der Waals surface area contributed by atoms with E-state index in [2.05, 4.69) is 35.8 Å². The molecule has 0 spiro atoms. The lowest BCUT2D eigenvalue weighted by Crippen LogP contribution is -2.15. The zero-order valence-corrected chi connectivity index (χ0v) is 19.2. The molecule has 1 atom stereocenters. The summed E-state index contributed by atoms with van der Waals surface area (Å²) in [6.45, 7) is 4.13. The summed E-state index contributed by atoms with van der Waals surface area (Å²) in [5.74, 6) is 1.85. The highest BCUT2D eigenvalue weighted by Gasteiger charge is 2.18. The quantitative estimate of drug-likeness (QED) is 0.267. The molecule has 0 radical (unpaired) electrons. The lowest BCUT2D eigenvalue weighted by atomic mass is 10.1. The molecular weight excluding hydrogens is 448 g/mol. The molecule has 0 unspecified atom stereocenters. The number of pyridine rings is 2. The number of nitrogens with one attached hydrogen (secondary N) is 3. The molecule has 5 aromatic rings. The normalized spacial score (nSPS) is 12.1. The minimum atomic E-state index is -0.373. The van der Waals surface area contributed by atoms with Gasteiger partial charge in [0.2, 0.25) is 0 Å². The third-order valence-electron chi connectivity index (χ3n) is 5.56. The molecule has 5 rings (SSSR count). The average molecular weight is 473 g/mol.